The Morgan fingerprint density at radius 1 is 1.30 bits per heavy atom. The first kappa shape index (κ1) is 18.3. The van der Waals surface area contributed by atoms with Crippen LogP contribution in [0.4, 0.5) is 11.4 Å². The van der Waals surface area contributed by atoms with Crippen LogP contribution in [0.5, 0.6) is 5.75 Å². The second-order valence-corrected chi connectivity index (χ2v) is 5.80. The molecule has 27 heavy (non-hydrogen) atoms. The Hall–Kier alpha value is -3.46. The maximum atomic E-state index is 12.3. The van der Waals surface area contributed by atoms with Crippen molar-refractivity contribution in [1.29, 1.82) is 0 Å². The van der Waals surface area contributed by atoms with Crippen LogP contribution in [0.25, 0.3) is 0 Å². The third-order valence-electron chi connectivity index (χ3n) is 3.76. The van der Waals surface area contributed by atoms with Crippen LogP contribution in [0, 0.1) is 10.1 Å². The van der Waals surface area contributed by atoms with Crippen LogP contribution >= 0.6 is 0 Å². The minimum absolute atomic E-state index is 0.0184. The molecule has 0 spiro atoms. The fourth-order valence-corrected chi connectivity index (χ4v) is 2.65. The Balaban J connectivity index is 1.78. The van der Waals surface area contributed by atoms with E-state index in [0.717, 1.165) is 0 Å². The van der Waals surface area contributed by atoms with Crippen LogP contribution in [-0.4, -0.2) is 23.6 Å². The summed E-state index contributed by atoms with van der Waals surface area (Å²) in [6.45, 7) is 1.36. The third-order valence-corrected chi connectivity index (χ3v) is 3.76. The molecule has 1 aliphatic rings. The molecular formula is C18H16N2O7. The average molecular weight is 372 g/mol. The number of nitro groups is 1. The molecule has 1 amide bonds. The van der Waals surface area contributed by atoms with Gasteiger partial charge in [0.15, 0.2) is 6.79 Å². The third kappa shape index (κ3) is 4.39. The molecule has 0 unspecified atom stereocenters. The second-order valence-electron chi connectivity index (χ2n) is 5.80. The van der Waals surface area contributed by atoms with Crippen molar-refractivity contribution in [3.05, 3.63) is 63.2 Å². The lowest BCUT2D eigenvalue weighted by molar-refractivity contribution is -0.385. The van der Waals surface area contributed by atoms with Gasteiger partial charge in [0.25, 0.3) is 5.69 Å². The molecule has 1 aliphatic heterocycles. The quantitative estimate of drug-likeness (QED) is 0.487. The standard InChI is InChI=1S/C18H16N2O7/c1-11(21)19-15-4-2-3-12(5-15)18(22)26-9-14-7-16(20(23)24)6-13-8-25-10-27-17(13)14/h2-7H,8-10H2,1H3,(H,19,21). The molecule has 9 nitrogen and oxygen atoms in total. The fourth-order valence-electron chi connectivity index (χ4n) is 2.65. The summed E-state index contributed by atoms with van der Waals surface area (Å²) in [5.74, 6) is -0.468. The zero-order chi connectivity index (χ0) is 19.4. The Morgan fingerprint density at radius 2 is 2.11 bits per heavy atom. The van der Waals surface area contributed by atoms with E-state index in [0.29, 0.717) is 22.6 Å². The maximum absolute atomic E-state index is 12.3. The summed E-state index contributed by atoms with van der Waals surface area (Å²) in [5, 5.41) is 13.7. The summed E-state index contributed by atoms with van der Waals surface area (Å²) in [5.41, 5.74) is 1.47. The number of carbonyl (C=O) groups is 2. The molecule has 0 atom stereocenters. The van der Waals surface area contributed by atoms with Crippen molar-refractivity contribution in [3.63, 3.8) is 0 Å². The van der Waals surface area contributed by atoms with Gasteiger partial charge in [-0.05, 0) is 18.2 Å². The first-order chi connectivity index (χ1) is 12.9. The van der Waals surface area contributed by atoms with Crippen LogP contribution in [0.2, 0.25) is 0 Å². The van der Waals surface area contributed by atoms with Gasteiger partial charge < -0.3 is 19.5 Å². The van der Waals surface area contributed by atoms with Gasteiger partial charge >= 0.3 is 5.97 Å². The van der Waals surface area contributed by atoms with Crippen molar-refractivity contribution in [2.75, 3.05) is 12.1 Å². The van der Waals surface area contributed by atoms with E-state index >= 15 is 0 Å². The largest absolute Gasteiger partial charge is 0.467 e. The van der Waals surface area contributed by atoms with Gasteiger partial charge in [0.2, 0.25) is 5.91 Å². The Kier molecular flexibility index (Phi) is 5.32. The number of nitro benzene ring substituents is 1. The Morgan fingerprint density at radius 3 is 2.85 bits per heavy atom. The molecule has 0 aromatic heterocycles. The number of hydrogen-bond acceptors (Lipinski definition) is 7. The Bertz CT molecular complexity index is 911. The van der Waals surface area contributed by atoms with Crippen LogP contribution < -0.4 is 10.1 Å². The molecule has 1 heterocycles. The fraction of sp³-hybridized carbons (Fsp3) is 0.222. The summed E-state index contributed by atoms with van der Waals surface area (Å²) >= 11 is 0. The van der Waals surface area contributed by atoms with Crippen molar-refractivity contribution < 1.29 is 28.7 Å². The molecular weight excluding hydrogens is 356 g/mol. The lowest BCUT2D eigenvalue weighted by atomic mass is 10.1. The van der Waals surface area contributed by atoms with Crippen LogP contribution in [0.1, 0.15) is 28.4 Å². The number of non-ortho nitro benzene ring substituents is 1. The zero-order valence-corrected chi connectivity index (χ0v) is 14.4. The van der Waals surface area contributed by atoms with Crippen molar-refractivity contribution in [2.45, 2.75) is 20.1 Å². The molecule has 0 aliphatic carbocycles. The van der Waals surface area contributed by atoms with Gasteiger partial charge in [-0.3, -0.25) is 14.9 Å². The highest BCUT2D eigenvalue weighted by Crippen LogP contribution is 2.33. The second kappa shape index (κ2) is 7.83. The van der Waals surface area contributed by atoms with Crippen LogP contribution in [-0.2, 0) is 27.5 Å². The van der Waals surface area contributed by atoms with E-state index in [1.54, 1.807) is 18.2 Å². The van der Waals surface area contributed by atoms with E-state index in [4.69, 9.17) is 14.2 Å². The average Bonchev–Trinajstić information content (AvgIpc) is 2.65. The number of nitrogens with one attached hydrogen (secondary N) is 1. The van der Waals surface area contributed by atoms with E-state index in [1.165, 1.54) is 25.1 Å². The van der Waals surface area contributed by atoms with Gasteiger partial charge in [-0.1, -0.05) is 6.07 Å². The summed E-state index contributed by atoms with van der Waals surface area (Å²) in [6.07, 6.45) is 0. The van der Waals surface area contributed by atoms with E-state index in [1.807, 2.05) is 0 Å². The molecule has 0 radical (unpaired) electrons. The summed E-state index contributed by atoms with van der Waals surface area (Å²) < 4.78 is 15.8. The van der Waals surface area contributed by atoms with E-state index in [-0.39, 0.29) is 37.2 Å². The zero-order valence-electron chi connectivity index (χ0n) is 14.4. The molecule has 3 rings (SSSR count). The summed E-state index contributed by atoms with van der Waals surface area (Å²) in [4.78, 5) is 34.0. The normalized spacial score (nSPS) is 12.5. The molecule has 140 valence electrons. The highest BCUT2D eigenvalue weighted by molar-refractivity contribution is 5.93. The number of amides is 1. The van der Waals surface area contributed by atoms with Gasteiger partial charge in [-0.15, -0.1) is 0 Å². The number of ether oxygens (including phenoxy) is 3. The molecule has 0 saturated carbocycles. The van der Waals surface area contributed by atoms with Gasteiger partial charge in [0.1, 0.15) is 12.4 Å². The topological polar surface area (TPSA) is 117 Å². The van der Waals surface area contributed by atoms with Gasteiger partial charge in [-0.2, -0.15) is 0 Å². The molecule has 0 saturated heterocycles. The molecule has 2 aromatic carbocycles. The van der Waals surface area contributed by atoms with Crippen molar-refractivity contribution in [1.82, 2.24) is 0 Å². The highest BCUT2D eigenvalue weighted by atomic mass is 16.7. The summed E-state index contributed by atoms with van der Waals surface area (Å²) in [7, 11) is 0. The van der Waals surface area contributed by atoms with Gasteiger partial charge in [0.05, 0.1) is 17.1 Å². The number of fused-ring (bicyclic) bond motifs is 1. The number of benzene rings is 2. The van der Waals surface area contributed by atoms with Crippen molar-refractivity contribution in [3.8, 4) is 5.75 Å². The number of carbonyl (C=O) groups excluding carboxylic acids is 2. The molecule has 1 N–H and O–H groups in total. The Labute approximate surface area is 154 Å². The van der Waals surface area contributed by atoms with Gasteiger partial charge in [0, 0.05) is 35.9 Å². The van der Waals surface area contributed by atoms with Crippen molar-refractivity contribution in [2.24, 2.45) is 0 Å². The van der Waals surface area contributed by atoms with Crippen molar-refractivity contribution >= 4 is 23.3 Å². The number of rotatable bonds is 5. The summed E-state index contributed by atoms with van der Waals surface area (Å²) in [6, 6.07) is 8.96. The van der Waals surface area contributed by atoms with Gasteiger partial charge in [-0.25, -0.2) is 4.79 Å². The monoisotopic (exact) mass is 372 g/mol. The van der Waals surface area contributed by atoms with Crippen LogP contribution in [0.3, 0.4) is 0 Å². The maximum Gasteiger partial charge on any atom is 0.338 e. The predicted octanol–water partition coefficient (Wildman–Crippen LogP) is 2.78. The molecule has 0 bridgehead atoms. The van der Waals surface area contributed by atoms with E-state index in [2.05, 4.69) is 5.32 Å². The number of nitrogens with zero attached hydrogens (tertiary/aromatic N) is 1. The minimum atomic E-state index is -0.630. The van der Waals surface area contributed by atoms with E-state index < -0.39 is 10.9 Å². The molecule has 2 aromatic rings. The minimum Gasteiger partial charge on any atom is -0.467 e. The van der Waals surface area contributed by atoms with Crippen LogP contribution in [0.15, 0.2) is 36.4 Å². The lowest BCUT2D eigenvalue weighted by Crippen LogP contribution is -2.15. The smallest absolute Gasteiger partial charge is 0.338 e. The van der Waals surface area contributed by atoms with E-state index in [9.17, 15) is 19.7 Å². The predicted molar refractivity (Wildman–Crippen MR) is 93.2 cm³/mol. The highest BCUT2D eigenvalue weighted by Gasteiger charge is 2.22. The molecule has 9 heteroatoms. The number of esters is 1. The SMILES string of the molecule is CC(=O)Nc1cccc(C(=O)OCc2cc([N+](=O)[O-])cc3c2OCOC3)c1. The molecule has 0 fully saturated rings. The number of anilines is 1. The first-order valence-corrected chi connectivity index (χ1v) is 7.99. The number of hydrogen-bond donors (Lipinski definition) is 1. The lowest BCUT2D eigenvalue weighted by Gasteiger charge is -2.20. The first-order valence-electron chi connectivity index (χ1n) is 7.99.